The van der Waals surface area contributed by atoms with Crippen molar-refractivity contribution < 1.29 is 18.0 Å². The summed E-state index contributed by atoms with van der Waals surface area (Å²) in [4.78, 5) is 22.7. The molecule has 0 fully saturated rings. The van der Waals surface area contributed by atoms with E-state index >= 15 is 0 Å². The van der Waals surface area contributed by atoms with E-state index in [2.05, 4.69) is 16.0 Å². The lowest BCUT2D eigenvalue weighted by atomic mass is 10.3. The van der Waals surface area contributed by atoms with E-state index < -0.39 is 10.0 Å². The minimum Gasteiger partial charge on any atom is -0.354 e. The summed E-state index contributed by atoms with van der Waals surface area (Å²) < 4.78 is 25.7. The summed E-state index contributed by atoms with van der Waals surface area (Å²) in [6, 6.07) is 5.76. The van der Waals surface area contributed by atoms with Crippen LogP contribution in [-0.4, -0.2) is 58.3 Å². The van der Waals surface area contributed by atoms with E-state index in [0.29, 0.717) is 18.8 Å². The molecule has 23 heavy (non-hydrogen) atoms. The molecule has 0 aliphatic carbocycles. The maximum absolute atomic E-state index is 12.4. The molecule has 0 aliphatic heterocycles. The number of carbonyl (C=O) groups excluding carboxylic acids is 2. The first-order valence-corrected chi connectivity index (χ1v) is 8.46. The Labute approximate surface area is 136 Å². The molecule has 1 aromatic rings. The van der Waals surface area contributed by atoms with E-state index in [1.165, 1.54) is 38.2 Å². The van der Waals surface area contributed by atoms with Crippen molar-refractivity contribution in [2.45, 2.75) is 11.8 Å². The Kier molecular flexibility index (Phi) is 7.14. The number of sulfonamides is 1. The quantitative estimate of drug-likeness (QED) is 0.557. The molecule has 0 bridgehead atoms. The lowest BCUT2D eigenvalue weighted by Gasteiger charge is -2.17. The van der Waals surface area contributed by atoms with Gasteiger partial charge in [0.25, 0.3) is 0 Å². The van der Waals surface area contributed by atoms with E-state index in [-0.39, 0.29) is 23.3 Å². The van der Waals surface area contributed by atoms with Crippen LogP contribution in [0.3, 0.4) is 0 Å². The Balaban J connectivity index is 2.73. The molecular weight excluding hydrogens is 320 g/mol. The number of amides is 2. The molecule has 3 N–H and O–H groups in total. The number of carbonyl (C=O) groups is 2. The molecule has 2 amide bonds. The fourth-order valence-corrected chi connectivity index (χ4v) is 2.89. The Morgan fingerprint density at radius 3 is 2.26 bits per heavy atom. The van der Waals surface area contributed by atoms with Crippen molar-refractivity contribution in [1.29, 1.82) is 0 Å². The van der Waals surface area contributed by atoms with Crippen LogP contribution in [0.4, 0.5) is 5.69 Å². The average molecular weight is 342 g/mol. The van der Waals surface area contributed by atoms with Crippen molar-refractivity contribution in [2.24, 2.45) is 0 Å². The van der Waals surface area contributed by atoms with Gasteiger partial charge in [-0.2, -0.15) is 4.31 Å². The van der Waals surface area contributed by atoms with Gasteiger partial charge in [-0.25, -0.2) is 8.42 Å². The minimum absolute atomic E-state index is 0.0529. The number of rotatable bonds is 8. The minimum atomic E-state index is -3.77. The van der Waals surface area contributed by atoms with Crippen molar-refractivity contribution in [2.75, 3.05) is 39.0 Å². The van der Waals surface area contributed by atoms with Crippen molar-refractivity contribution in [3.63, 3.8) is 0 Å². The molecule has 0 radical (unpaired) electrons. The molecule has 9 heteroatoms. The molecule has 0 saturated heterocycles. The molecular formula is C14H22N4O4S. The number of hydrogen-bond acceptors (Lipinski definition) is 5. The first-order valence-electron chi connectivity index (χ1n) is 7.02. The van der Waals surface area contributed by atoms with E-state index in [0.717, 1.165) is 4.31 Å². The van der Waals surface area contributed by atoms with Crippen molar-refractivity contribution in [3.05, 3.63) is 24.3 Å². The monoisotopic (exact) mass is 342 g/mol. The second-order valence-electron chi connectivity index (χ2n) is 4.92. The molecule has 0 spiro atoms. The van der Waals surface area contributed by atoms with E-state index in [4.69, 9.17) is 0 Å². The number of likely N-dealkylation sites (N-methyl/N-ethyl adjacent to an activating group) is 2. The number of benzene rings is 1. The molecule has 0 aliphatic rings. The molecule has 0 atom stereocenters. The maximum atomic E-state index is 12.4. The average Bonchev–Trinajstić information content (AvgIpc) is 2.47. The third kappa shape index (κ3) is 5.97. The van der Waals surface area contributed by atoms with E-state index in [9.17, 15) is 18.0 Å². The van der Waals surface area contributed by atoms with Crippen molar-refractivity contribution in [3.8, 4) is 0 Å². The third-order valence-electron chi connectivity index (χ3n) is 2.95. The molecule has 0 unspecified atom stereocenters. The highest BCUT2D eigenvalue weighted by Gasteiger charge is 2.22. The van der Waals surface area contributed by atoms with Gasteiger partial charge in [-0.3, -0.25) is 9.59 Å². The summed E-state index contributed by atoms with van der Waals surface area (Å²) in [7, 11) is -0.666. The zero-order valence-electron chi connectivity index (χ0n) is 13.4. The van der Waals surface area contributed by atoms with Gasteiger partial charge in [-0.1, -0.05) is 0 Å². The van der Waals surface area contributed by atoms with Gasteiger partial charge in [0.15, 0.2) is 0 Å². The third-order valence-corrected chi connectivity index (χ3v) is 4.76. The maximum Gasteiger partial charge on any atom is 0.243 e. The Bertz CT molecular complexity index is 643. The first kappa shape index (κ1) is 19.1. The number of hydrogen-bond donors (Lipinski definition) is 3. The molecule has 0 heterocycles. The van der Waals surface area contributed by atoms with Crippen LogP contribution in [0.25, 0.3) is 0 Å². The summed E-state index contributed by atoms with van der Waals surface area (Å²) in [5.41, 5.74) is 0.504. The second kappa shape index (κ2) is 8.61. The van der Waals surface area contributed by atoms with Crippen LogP contribution in [0, 0.1) is 0 Å². The fourth-order valence-electron chi connectivity index (χ4n) is 1.76. The fraction of sp³-hybridized carbons (Fsp3) is 0.429. The van der Waals surface area contributed by atoms with Gasteiger partial charge in [0.2, 0.25) is 21.8 Å². The van der Waals surface area contributed by atoms with Crippen LogP contribution in [0.2, 0.25) is 0 Å². The summed E-state index contributed by atoms with van der Waals surface area (Å²) in [6.45, 7) is 2.13. The lowest BCUT2D eigenvalue weighted by Crippen LogP contribution is -2.40. The zero-order valence-corrected chi connectivity index (χ0v) is 14.2. The highest BCUT2D eigenvalue weighted by molar-refractivity contribution is 7.89. The summed E-state index contributed by atoms with van der Waals surface area (Å²) in [6.07, 6.45) is 0. The SMILES string of the molecule is CNCCNC(=O)CN(C)S(=O)(=O)c1ccc(NC(C)=O)cc1. The summed E-state index contributed by atoms with van der Waals surface area (Å²) in [5.74, 6) is -0.614. The topological polar surface area (TPSA) is 108 Å². The molecule has 1 aromatic carbocycles. The molecule has 0 saturated carbocycles. The Morgan fingerprint density at radius 2 is 1.74 bits per heavy atom. The Morgan fingerprint density at radius 1 is 1.13 bits per heavy atom. The normalized spacial score (nSPS) is 11.3. The Hall–Kier alpha value is -1.97. The van der Waals surface area contributed by atoms with Crippen molar-refractivity contribution in [1.82, 2.24) is 14.9 Å². The van der Waals surface area contributed by atoms with Crippen LogP contribution in [0.15, 0.2) is 29.2 Å². The van der Waals surface area contributed by atoms with Gasteiger partial charge in [-0.05, 0) is 31.3 Å². The standard InChI is InChI=1S/C14H22N4O4S/c1-11(19)17-12-4-6-13(7-5-12)23(21,22)18(3)10-14(20)16-9-8-15-2/h4-7,15H,8-10H2,1-3H3,(H,16,20)(H,17,19). The van der Waals surface area contributed by atoms with Crippen LogP contribution in [0.1, 0.15) is 6.92 Å². The van der Waals surface area contributed by atoms with Gasteiger partial charge < -0.3 is 16.0 Å². The molecule has 1 rings (SSSR count). The van der Waals surface area contributed by atoms with E-state index in [1.54, 1.807) is 7.05 Å². The van der Waals surface area contributed by atoms with Gasteiger partial charge in [0.05, 0.1) is 11.4 Å². The molecule has 128 valence electrons. The predicted octanol–water partition coefficient (Wildman–Crippen LogP) is -0.399. The second-order valence-corrected chi connectivity index (χ2v) is 6.97. The number of nitrogens with one attached hydrogen (secondary N) is 3. The zero-order chi connectivity index (χ0) is 17.5. The van der Waals surface area contributed by atoms with Crippen LogP contribution in [0.5, 0.6) is 0 Å². The molecule has 8 nitrogen and oxygen atoms in total. The summed E-state index contributed by atoms with van der Waals surface area (Å²) >= 11 is 0. The number of anilines is 1. The first-order chi connectivity index (χ1) is 10.8. The van der Waals surface area contributed by atoms with Gasteiger partial charge in [0, 0.05) is 32.7 Å². The highest BCUT2D eigenvalue weighted by atomic mass is 32.2. The van der Waals surface area contributed by atoms with Crippen LogP contribution in [-0.2, 0) is 19.6 Å². The van der Waals surface area contributed by atoms with Gasteiger partial charge in [-0.15, -0.1) is 0 Å². The lowest BCUT2D eigenvalue weighted by molar-refractivity contribution is -0.121. The van der Waals surface area contributed by atoms with Gasteiger partial charge >= 0.3 is 0 Å². The largest absolute Gasteiger partial charge is 0.354 e. The van der Waals surface area contributed by atoms with Crippen LogP contribution >= 0.6 is 0 Å². The van der Waals surface area contributed by atoms with Crippen molar-refractivity contribution >= 4 is 27.5 Å². The van der Waals surface area contributed by atoms with E-state index in [1.807, 2.05) is 0 Å². The smallest absolute Gasteiger partial charge is 0.243 e. The predicted molar refractivity (Wildman–Crippen MR) is 87.5 cm³/mol. The summed E-state index contributed by atoms with van der Waals surface area (Å²) in [5, 5.41) is 8.04. The van der Waals surface area contributed by atoms with Gasteiger partial charge in [0.1, 0.15) is 0 Å². The highest BCUT2D eigenvalue weighted by Crippen LogP contribution is 2.17. The molecule has 0 aromatic heterocycles. The van der Waals surface area contributed by atoms with Crippen LogP contribution < -0.4 is 16.0 Å². The number of nitrogens with zero attached hydrogens (tertiary/aromatic N) is 1.